The van der Waals surface area contributed by atoms with E-state index in [9.17, 15) is 4.39 Å². The number of ether oxygens (including phenoxy) is 2. The molecule has 0 unspecified atom stereocenters. The summed E-state index contributed by atoms with van der Waals surface area (Å²) >= 11 is 0. The van der Waals surface area contributed by atoms with E-state index in [1.165, 1.54) is 7.11 Å². The van der Waals surface area contributed by atoms with Crippen LogP contribution in [0.5, 0.6) is 5.88 Å². The number of morpholine rings is 1. The molecule has 0 aromatic carbocycles. The number of nitrogens with zero attached hydrogens (tertiary/aromatic N) is 3. The minimum atomic E-state index is -0.570. The van der Waals surface area contributed by atoms with Gasteiger partial charge < -0.3 is 20.1 Å². The van der Waals surface area contributed by atoms with E-state index in [0.29, 0.717) is 32.2 Å². The molecule has 1 aromatic heterocycles. The molecule has 0 bridgehead atoms. The van der Waals surface area contributed by atoms with Crippen molar-refractivity contribution < 1.29 is 13.9 Å². The summed E-state index contributed by atoms with van der Waals surface area (Å²) in [6.45, 7) is 2.26. The van der Waals surface area contributed by atoms with Crippen LogP contribution in [-0.4, -0.2) is 49.4 Å². The molecule has 17 heavy (non-hydrogen) atoms. The summed E-state index contributed by atoms with van der Waals surface area (Å²) in [6.07, 6.45) is 1.07. The molecular weight excluding hydrogens is 227 g/mol. The Morgan fingerprint density at radius 1 is 1.71 bits per heavy atom. The fourth-order valence-electron chi connectivity index (χ4n) is 1.68. The second-order valence-corrected chi connectivity index (χ2v) is 3.70. The van der Waals surface area contributed by atoms with Crippen molar-refractivity contribution in [3.05, 3.63) is 12.0 Å². The smallest absolute Gasteiger partial charge is 0.255 e. The van der Waals surface area contributed by atoms with Gasteiger partial charge >= 0.3 is 0 Å². The van der Waals surface area contributed by atoms with Crippen molar-refractivity contribution in [3.8, 4) is 5.88 Å². The van der Waals surface area contributed by atoms with Gasteiger partial charge in [-0.2, -0.15) is 9.37 Å². The number of hydrogen-bond donors (Lipinski definition) is 1. The molecule has 0 radical (unpaired) electrons. The molecule has 7 heteroatoms. The van der Waals surface area contributed by atoms with Crippen LogP contribution >= 0.6 is 0 Å². The fraction of sp³-hybridized carbons (Fsp3) is 0.600. The highest BCUT2D eigenvalue weighted by Crippen LogP contribution is 2.18. The lowest BCUT2D eigenvalue weighted by atomic mass is 10.3. The minimum absolute atomic E-state index is 0.0385. The van der Waals surface area contributed by atoms with E-state index in [2.05, 4.69) is 9.97 Å². The van der Waals surface area contributed by atoms with E-state index < -0.39 is 5.82 Å². The van der Waals surface area contributed by atoms with Gasteiger partial charge in [-0.15, -0.1) is 0 Å². The van der Waals surface area contributed by atoms with E-state index >= 15 is 0 Å². The van der Waals surface area contributed by atoms with Crippen LogP contribution in [0.2, 0.25) is 0 Å². The molecule has 1 aliphatic heterocycles. The molecule has 2 rings (SSSR count). The monoisotopic (exact) mass is 242 g/mol. The molecule has 1 aliphatic rings. The average Bonchev–Trinajstić information content (AvgIpc) is 2.39. The van der Waals surface area contributed by atoms with Crippen LogP contribution in [-0.2, 0) is 4.74 Å². The van der Waals surface area contributed by atoms with E-state index in [4.69, 9.17) is 15.2 Å². The number of nitrogens with two attached hydrogens (primary N) is 1. The molecule has 2 heterocycles. The Balaban J connectivity index is 2.16. The quantitative estimate of drug-likeness (QED) is 0.790. The van der Waals surface area contributed by atoms with Crippen LogP contribution in [0.25, 0.3) is 0 Å². The third-order valence-corrected chi connectivity index (χ3v) is 2.58. The molecule has 0 amide bonds. The van der Waals surface area contributed by atoms with Gasteiger partial charge in [0.15, 0.2) is 0 Å². The summed E-state index contributed by atoms with van der Waals surface area (Å²) in [5.41, 5.74) is 5.55. The van der Waals surface area contributed by atoms with Gasteiger partial charge in [-0.25, -0.2) is 4.98 Å². The molecule has 1 saturated heterocycles. The Kier molecular flexibility index (Phi) is 3.70. The zero-order chi connectivity index (χ0) is 12.3. The van der Waals surface area contributed by atoms with Gasteiger partial charge in [0, 0.05) is 19.6 Å². The van der Waals surface area contributed by atoms with Crippen molar-refractivity contribution in [2.24, 2.45) is 5.73 Å². The highest BCUT2D eigenvalue weighted by atomic mass is 19.1. The maximum absolute atomic E-state index is 13.2. The van der Waals surface area contributed by atoms with Crippen LogP contribution in [0.4, 0.5) is 10.3 Å². The van der Waals surface area contributed by atoms with Crippen LogP contribution in [0.1, 0.15) is 0 Å². The number of halogens is 1. The number of methoxy groups -OCH3 is 1. The molecule has 0 aliphatic carbocycles. The van der Waals surface area contributed by atoms with Gasteiger partial charge in [-0.1, -0.05) is 0 Å². The summed E-state index contributed by atoms with van der Waals surface area (Å²) < 4.78 is 23.4. The highest BCUT2D eigenvalue weighted by Gasteiger charge is 2.22. The summed E-state index contributed by atoms with van der Waals surface area (Å²) in [5, 5.41) is 0. The van der Waals surface area contributed by atoms with Crippen molar-refractivity contribution in [2.75, 3.05) is 38.3 Å². The fourth-order valence-corrected chi connectivity index (χ4v) is 1.68. The van der Waals surface area contributed by atoms with Crippen molar-refractivity contribution in [3.63, 3.8) is 0 Å². The second kappa shape index (κ2) is 5.24. The predicted molar refractivity (Wildman–Crippen MR) is 59.5 cm³/mol. The minimum Gasteiger partial charge on any atom is -0.479 e. The van der Waals surface area contributed by atoms with E-state index in [0.717, 1.165) is 6.20 Å². The van der Waals surface area contributed by atoms with Gasteiger partial charge in [0.2, 0.25) is 11.8 Å². The largest absolute Gasteiger partial charge is 0.479 e. The summed E-state index contributed by atoms with van der Waals surface area (Å²) in [5.74, 6) is -0.185. The topological polar surface area (TPSA) is 73.5 Å². The SMILES string of the molecule is COc1nc(N2CCO[C@H](CN)C2)ncc1F. The van der Waals surface area contributed by atoms with Crippen molar-refractivity contribution >= 4 is 5.95 Å². The van der Waals surface area contributed by atoms with Crippen molar-refractivity contribution in [2.45, 2.75) is 6.10 Å². The molecule has 0 saturated carbocycles. The predicted octanol–water partition coefficient (Wildman–Crippen LogP) is -0.212. The summed E-state index contributed by atoms with van der Waals surface area (Å²) in [7, 11) is 1.37. The van der Waals surface area contributed by atoms with Crippen LogP contribution < -0.4 is 15.4 Å². The van der Waals surface area contributed by atoms with Crippen LogP contribution in [0, 0.1) is 5.82 Å². The summed E-state index contributed by atoms with van der Waals surface area (Å²) in [4.78, 5) is 9.85. The summed E-state index contributed by atoms with van der Waals surface area (Å²) in [6, 6.07) is 0. The highest BCUT2D eigenvalue weighted by molar-refractivity contribution is 5.33. The molecular formula is C10H15FN4O2. The van der Waals surface area contributed by atoms with E-state index in [1.807, 2.05) is 4.90 Å². The third kappa shape index (κ3) is 2.62. The number of aromatic nitrogens is 2. The number of hydrogen-bond acceptors (Lipinski definition) is 6. The standard InChI is InChI=1S/C10H15FN4O2/c1-16-9-8(11)5-13-10(14-9)15-2-3-17-7(4-12)6-15/h5,7H,2-4,6,12H2,1H3/t7-/m1/s1. The first-order chi connectivity index (χ1) is 8.24. The van der Waals surface area contributed by atoms with E-state index in [1.54, 1.807) is 0 Å². The Hall–Kier alpha value is -1.47. The van der Waals surface area contributed by atoms with Crippen LogP contribution in [0.15, 0.2) is 6.20 Å². The van der Waals surface area contributed by atoms with Gasteiger partial charge in [0.05, 0.1) is 26.0 Å². The third-order valence-electron chi connectivity index (χ3n) is 2.58. The molecule has 94 valence electrons. The second-order valence-electron chi connectivity index (χ2n) is 3.70. The normalized spacial score (nSPS) is 20.4. The maximum atomic E-state index is 13.2. The molecule has 1 aromatic rings. The van der Waals surface area contributed by atoms with Gasteiger partial charge in [-0.05, 0) is 0 Å². The zero-order valence-electron chi connectivity index (χ0n) is 9.60. The van der Waals surface area contributed by atoms with Crippen molar-refractivity contribution in [1.29, 1.82) is 0 Å². The first kappa shape index (κ1) is 12.0. The molecule has 6 nitrogen and oxygen atoms in total. The lowest BCUT2D eigenvalue weighted by molar-refractivity contribution is 0.0459. The molecule has 1 fully saturated rings. The Morgan fingerprint density at radius 3 is 3.24 bits per heavy atom. The lowest BCUT2D eigenvalue weighted by Gasteiger charge is -2.32. The van der Waals surface area contributed by atoms with Crippen LogP contribution in [0.3, 0.4) is 0 Å². The molecule has 1 atom stereocenters. The zero-order valence-corrected chi connectivity index (χ0v) is 9.60. The van der Waals surface area contributed by atoms with Gasteiger partial charge in [0.1, 0.15) is 0 Å². The van der Waals surface area contributed by atoms with Crippen molar-refractivity contribution in [1.82, 2.24) is 9.97 Å². The average molecular weight is 242 g/mol. The Bertz CT molecular complexity index is 391. The first-order valence-electron chi connectivity index (χ1n) is 5.37. The Labute approximate surface area is 98.5 Å². The number of anilines is 1. The van der Waals surface area contributed by atoms with Gasteiger partial charge in [-0.3, -0.25) is 0 Å². The first-order valence-corrected chi connectivity index (χ1v) is 5.37. The molecule has 2 N–H and O–H groups in total. The van der Waals surface area contributed by atoms with E-state index in [-0.39, 0.29) is 12.0 Å². The Morgan fingerprint density at radius 2 is 2.53 bits per heavy atom. The number of rotatable bonds is 3. The maximum Gasteiger partial charge on any atom is 0.255 e. The lowest BCUT2D eigenvalue weighted by Crippen LogP contribution is -2.46. The van der Waals surface area contributed by atoms with Gasteiger partial charge in [0.25, 0.3) is 5.88 Å². The molecule has 0 spiro atoms.